The molecule has 0 aromatic heterocycles. The van der Waals surface area contributed by atoms with Crippen molar-refractivity contribution in [2.45, 2.75) is 13.0 Å². The van der Waals surface area contributed by atoms with Crippen molar-refractivity contribution >= 4 is 0 Å². The van der Waals surface area contributed by atoms with Crippen molar-refractivity contribution in [3.05, 3.63) is 29.3 Å². The number of aryl methyl sites for hydroxylation is 1. The lowest BCUT2D eigenvalue weighted by Crippen LogP contribution is -1.89. The molecule has 0 amide bonds. The van der Waals surface area contributed by atoms with Crippen LogP contribution in [0.15, 0.2) is 18.2 Å². The molecule has 1 atom stereocenters. The summed E-state index contributed by atoms with van der Waals surface area (Å²) in [6, 6.07) is 6.21. The van der Waals surface area contributed by atoms with Crippen LogP contribution in [0.3, 0.4) is 0 Å². The summed E-state index contributed by atoms with van der Waals surface area (Å²) in [4.78, 5) is 0. The van der Waals surface area contributed by atoms with Crippen LogP contribution in [0.1, 0.15) is 17.2 Å². The van der Waals surface area contributed by atoms with Gasteiger partial charge in [0.15, 0.2) is 0 Å². The first-order valence-corrected chi connectivity index (χ1v) is 4.07. The Balaban J connectivity index is 2.33. The molecule has 0 saturated carbocycles. The smallest absolute Gasteiger partial charge is 0.122 e. The van der Waals surface area contributed by atoms with Gasteiger partial charge in [0, 0.05) is 0 Å². The van der Waals surface area contributed by atoms with Crippen molar-refractivity contribution in [2.75, 3.05) is 13.7 Å². The number of rotatable bonds is 2. The standard InChI is InChI=1S/C10H12O2/c1-7-3-4-8(10-6-12-10)5-9(7)11-2/h3-5,10H,6H2,1-2H3/t10-/m0/s1. The predicted molar refractivity (Wildman–Crippen MR) is 46.4 cm³/mol. The number of hydrogen-bond donors (Lipinski definition) is 0. The Morgan fingerprint density at radius 3 is 2.83 bits per heavy atom. The van der Waals surface area contributed by atoms with Crippen molar-refractivity contribution in [3.8, 4) is 5.75 Å². The number of hydrogen-bond acceptors (Lipinski definition) is 2. The molecule has 0 spiro atoms. The summed E-state index contributed by atoms with van der Waals surface area (Å²) in [7, 11) is 1.69. The van der Waals surface area contributed by atoms with E-state index in [9.17, 15) is 0 Å². The molecule has 2 nitrogen and oxygen atoms in total. The van der Waals surface area contributed by atoms with E-state index in [4.69, 9.17) is 9.47 Å². The fourth-order valence-corrected chi connectivity index (χ4v) is 1.28. The Hall–Kier alpha value is -1.02. The Labute approximate surface area is 72.1 Å². The molecule has 0 aliphatic carbocycles. The van der Waals surface area contributed by atoms with Gasteiger partial charge in [-0.15, -0.1) is 0 Å². The first kappa shape index (κ1) is 7.62. The zero-order valence-electron chi connectivity index (χ0n) is 7.33. The highest BCUT2D eigenvalue weighted by Gasteiger charge is 2.25. The van der Waals surface area contributed by atoms with Crippen molar-refractivity contribution in [2.24, 2.45) is 0 Å². The summed E-state index contributed by atoms with van der Waals surface area (Å²) >= 11 is 0. The van der Waals surface area contributed by atoms with Gasteiger partial charge >= 0.3 is 0 Å². The van der Waals surface area contributed by atoms with E-state index >= 15 is 0 Å². The van der Waals surface area contributed by atoms with Gasteiger partial charge in [-0.3, -0.25) is 0 Å². The number of ether oxygens (including phenoxy) is 2. The highest BCUT2D eigenvalue weighted by Crippen LogP contribution is 2.32. The Bertz CT molecular complexity index is 290. The highest BCUT2D eigenvalue weighted by molar-refractivity contribution is 5.38. The highest BCUT2D eigenvalue weighted by atomic mass is 16.6. The first-order chi connectivity index (χ1) is 5.81. The molecule has 1 aliphatic heterocycles. The van der Waals surface area contributed by atoms with E-state index in [1.54, 1.807) is 7.11 Å². The van der Waals surface area contributed by atoms with Crippen LogP contribution in [0.5, 0.6) is 5.75 Å². The second-order valence-electron chi connectivity index (χ2n) is 3.05. The molecule has 1 fully saturated rings. The van der Waals surface area contributed by atoms with E-state index in [1.807, 2.05) is 13.0 Å². The molecule has 64 valence electrons. The maximum Gasteiger partial charge on any atom is 0.122 e. The van der Waals surface area contributed by atoms with Crippen LogP contribution < -0.4 is 4.74 Å². The lowest BCUT2D eigenvalue weighted by molar-refractivity contribution is 0.403. The average Bonchev–Trinajstić information content (AvgIpc) is 2.88. The van der Waals surface area contributed by atoms with Crippen LogP contribution in [0.25, 0.3) is 0 Å². The molecule has 2 heteroatoms. The van der Waals surface area contributed by atoms with E-state index in [1.165, 1.54) is 11.1 Å². The fraction of sp³-hybridized carbons (Fsp3) is 0.400. The van der Waals surface area contributed by atoms with Gasteiger partial charge in [0.25, 0.3) is 0 Å². The fourth-order valence-electron chi connectivity index (χ4n) is 1.28. The first-order valence-electron chi connectivity index (χ1n) is 4.07. The van der Waals surface area contributed by atoms with Crippen LogP contribution in [-0.2, 0) is 4.74 Å². The van der Waals surface area contributed by atoms with Crippen molar-refractivity contribution in [1.82, 2.24) is 0 Å². The molecule has 0 N–H and O–H groups in total. The maximum absolute atomic E-state index is 5.21. The quantitative estimate of drug-likeness (QED) is 0.624. The van der Waals surface area contributed by atoms with Gasteiger partial charge in [-0.1, -0.05) is 12.1 Å². The lowest BCUT2D eigenvalue weighted by Gasteiger charge is -2.05. The van der Waals surface area contributed by atoms with E-state index in [0.717, 1.165) is 12.4 Å². The van der Waals surface area contributed by atoms with Gasteiger partial charge in [-0.05, 0) is 24.1 Å². The third-order valence-corrected chi connectivity index (χ3v) is 2.14. The van der Waals surface area contributed by atoms with Gasteiger partial charge in [0.1, 0.15) is 11.9 Å². The molecular weight excluding hydrogens is 152 g/mol. The van der Waals surface area contributed by atoms with E-state index < -0.39 is 0 Å². The lowest BCUT2D eigenvalue weighted by atomic mass is 10.1. The van der Waals surface area contributed by atoms with Crippen LogP contribution in [0.4, 0.5) is 0 Å². The molecule has 0 bridgehead atoms. The number of benzene rings is 1. The van der Waals surface area contributed by atoms with Crippen LogP contribution >= 0.6 is 0 Å². The van der Waals surface area contributed by atoms with Crippen molar-refractivity contribution in [3.63, 3.8) is 0 Å². The van der Waals surface area contributed by atoms with Gasteiger partial charge < -0.3 is 9.47 Å². The molecule has 0 radical (unpaired) electrons. The minimum atomic E-state index is 0.319. The zero-order valence-corrected chi connectivity index (χ0v) is 7.33. The molecule has 2 rings (SSSR count). The monoisotopic (exact) mass is 164 g/mol. The Kier molecular flexibility index (Phi) is 1.77. The second-order valence-corrected chi connectivity index (χ2v) is 3.05. The summed E-state index contributed by atoms with van der Waals surface area (Å²) in [5.74, 6) is 0.947. The summed E-state index contributed by atoms with van der Waals surface area (Å²) in [6.07, 6.45) is 0.319. The van der Waals surface area contributed by atoms with Gasteiger partial charge in [0.2, 0.25) is 0 Å². The molecule has 1 saturated heterocycles. The normalized spacial score (nSPS) is 20.7. The van der Waals surface area contributed by atoms with Crippen LogP contribution in [-0.4, -0.2) is 13.7 Å². The summed E-state index contributed by atoms with van der Waals surface area (Å²) < 4.78 is 10.4. The molecular formula is C10H12O2. The zero-order chi connectivity index (χ0) is 8.55. The molecule has 12 heavy (non-hydrogen) atoms. The Morgan fingerprint density at radius 1 is 1.50 bits per heavy atom. The van der Waals surface area contributed by atoms with Crippen LogP contribution in [0.2, 0.25) is 0 Å². The van der Waals surface area contributed by atoms with E-state index in [-0.39, 0.29) is 0 Å². The molecule has 0 unspecified atom stereocenters. The van der Waals surface area contributed by atoms with E-state index in [2.05, 4.69) is 12.1 Å². The Morgan fingerprint density at radius 2 is 2.25 bits per heavy atom. The van der Waals surface area contributed by atoms with E-state index in [0.29, 0.717) is 6.10 Å². The third-order valence-electron chi connectivity index (χ3n) is 2.14. The summed E-state index contributed by atoms with van der Waals surface area (Å²) in [6.45, 7) is 2.89. The van der Waals surface area contributed by atoms with Crippen molar-refractivity contribution in [1.29, 1.82) is 0 Å². The van der Waals surface area contributed by atoms with Crippen LogP contribution in [0, 0.1) is 6.92 Å². The summed E-state index contributed by atoms with van der Waals surface area (Å²) in [5, 5.41) is 0. The molecule has 1 aromatic rings. The van der Waals surface area contributed by atoms with Gasteiger partial charge in [-0.25, -0.2) is 0 Å². The topological polar surface area (TPSA) is 21.8 Å². The molecule has 1 aliphatic rings. The summed E-state index contributed by atoms with van der Waals surface area (Å²) in [5.41, 5.74) is 2.39. The number of methoxy groups -OCH3 is 1. The second kappa shape index (κ2) is 2.79. The third kappa shape index (κ3) is 1.30. The minimum absolute atomic E-state index is 0.319. The average molecular weight is 164 g/mol. The van der Waals surface area contributed by atoms with Crippen molar-refractivity contribution < 1.29 is 9.47 Å². The predicted octanol–water partition coefficient (Wildman–Crippen LogP) is 2.07. The van der Waals surface area contributed by atoms with Gasteiger partial charge in [0.05, 0.1) is 13.7 Å². The minimum Gasteiger partial charge on any atom is -0.496 e. The number of epoxide rings is 1. The molecule has 1 aromatic carbocycles. The maximum atomic E-state index is 5.21. The molecule has 1 heterocycles. The largest absolute Gasteiger partial charge is 0.496 e. The SMILES string of the molecule is COc1cc([C@@H]2CO2)ccc1C. The van der Waals surface area contributed by atoms with Gasteiger partial charge in [-0.2, -0.15) is 0 Å².